The van der Waals surface area contributed by atoms with Gasteiger partial charge in [-0.1, -0.05) is 75.2 Å². The zero-order valence-corrected chi connectivity index (χ0v) is 16.9. The van der Waals surface area contributed by atoms with Crippen LogP contribution in [0, 0.1) is 0 Å². The molecule has 0 spiro atoms. The fraction of sp³-hybridized carbons (Fsp3) is 0.320. The van der Waals surface area contributed by atoms with E-state index in [-0.39, 0.29) is 11.8 Å². The molecule has 148 valence electrons. The molecule has 0 aliphatic carbocycles. The Morgan fingerprint density at radius 1 is 0.821 bits per heavy atom. The van der Waals surface area contributed by atoms with Gasteiger partial charge in [0.2, 0.25) is 0 Å². The highest BCUT2D eigenvalue weighted by Gasteiger charge is 2.19. The van der Waals surface area contributed by atoms with Gasteiger partial charge in [-0.25, -0.2) is 4.79 Å². The molecule has 0 bridgehead atoms. The Morgan fingerprint density at radius 2 is 1.21 bits per heavy atom. The summed E-state index contributed by atoms with van der Waals surface area (Å²) < 4.78 is 11.1. The van der Waals surface area contributed by atoms with Crippen molar-refractivity contribution in [2.24, 2.45) is 0 Å². The Bertz CT molecular complexity index is 728. The molecule has 0 amide bonds. The van der Waals surface area contributed by atoms with Crippen molar-refractivity contribution >= 4 is 6.16 Å². The number of hydrogen-bond acceptors (Lipinski definition) is 3. The number of carbonyl (C=O) groups excluding carboxylic acids is 1. The van der Waals surface area contributed by atoms with Crippen molar-refractivity contribution in [3.63, 3.8) is 0 Å². The number of allylic oxidation sites excluding steroid dienone is 2. The van der Waals surface area contributed by atoms with Crippen LogP contribution in [0.3, 0.4) is 0 Å². The van der Waals surface area contributed by atoms with E-state index in [1.807, 2.05) is 48.6 Å². The average molecular weight is 379 g/mol. The Labute approximate surface area is 168 Å². The van der Waals surface area contributed by atoms with E-state index in [1.165, 1.54) is 0 Å². The van der Waals surface area contributed by atoms with Gasteiger partial charge in [0.1, 0.15) is 11.5 Å². The van der Waals surface area contributed by atoms with Gasteiger partial charge in [0.15, 0.2) is 0 Å². The van der Waals surface area contributed by atoms with E-state index < -0.39 is 6.16 Å². The molecule has 0 saturated heterocycles. The summed E-state index contributed by atoms with van der Waals surface area (Å²) in [6.07, 6.45) is 6.97. The number of carbonyl (C=O) groups is 1. The summed E-state index contributed by atoms with van der Waals surface area (Å²) >= 11 is 0. The first-order valence-corrected chi connectivity index (χ1v) is 9.97. The van der Waals surface area contributed by atoms with Gasteiger partial charge in [-0.3, -0.25) is 0 Å². The third kappa shape index (κ3) is 5.59. The van der Waals surface area contributed by atoms with E-state index in [0.717, 1.165) is 36.8 Å². The first-order chi connectivity index (χ1) is 13.6. The maximum atomic E-state index is 12.5. The molecule has 0 saturated carbocycles. The van der Waals surface area contributed by atoms with Crippen LogP contribution in [0.25, 0.3) is 0 Å². The third-order valence-corrected chi connectivity index (χ3v) is 4.79. The van der Waals surface area contributed by atoms with Crippen molar-refractivity contribution in [3.05, 3.63) is 85.0 Å². The van der Waals surface area contributed by atoms with Gasteiger partial charge in [-0.05, 0) is 25.0 Å². The SMILES string of the molecule is C=CC(CCC)c1ccccc1OC(=O)Oc1ccccc1C(C=C)CCC. The standard InChI is InChI=1S/C25H30O3/c1-5-13-19(7-3)21-15-9-11-17-23(21)27-25(26)28-24-18-12-10-16-22(24)20(8-4)14-6-2/h7-12,15-20H,3-6,13-14H2,1-2H3. The van der Waals surface area contributed by atoms with Crippen molar-refractivity contribution in [2.45, 2.75) is 51.4 Å². The second kappa shape index (κ2) is 11.1. The van der Waals surface area contributed by atoms with Crippen LogP contribution in [0.15, 0.2) is 73.8 Å². The quantitative estimate of drug-likeness (QED) is 0.245. The van der Waals surface area contributed by atoms with E-state index in [9.17, 15) is 4.79 Å². The van der Waals surface area contributed by atoms with E-state index in [2.05, 4.69) is 27.0 Å². The minimum absolute atomic E-state index is 0.135. The predicted molar refractivity (Wildman–Crippen MR) is 115 cm³/mol. The molecule has 2 aromatic rings. The van der Waals surface area contributed by atoms with Crippen LogP contribution in [-0.2, 0) is 0 Å². The van der Waals surface area contributed by atoms with E-state index in [0.29, 0.717) is 11.5 Å². The zero-order valence-electron chi connectivity index (χ0n) is 16.9. The highest BCUT2D eigenvalue weighted by atomic mass is 16.7. The van der Waals surface area contributed by atoms with Gasteiger partial charge in [-0.15, -0.1) is 13.2 Å². The van der Waals surface area contributed by atoms with Crippen LogP contribution >= 0.6 is 0 Å². The minimum Gasteiger partial charge on any atom is -0.394 e. The summed E-state index contributed by atoms with van der Waals surface area (Å²) in [5, 5.41) is 0. The lowest BCUT2D eigenvalue weighted by molar-refractivity contribution is 0.150. The first kappa shape index (κ1) is 21.5. The third-order valence-electron chi connectivity index (χ3n) is 4.79. The van der Waals surface area contributed by atoms with Gasteiger partial charge in [0, 0.05) is 23.0 Å². The first-order valence-electron chi connectivity index (χ1n) is 9.97. The van der Waals surface area contributed by atoms with E-state index in [4.69, 9.17) is 9.47 Å². The summed E-state index contributed by atoms with van der Waals surface area (Å²) in [4.78, 5) is 12.5. The fourth-order valence-corrected chi connectivity index (χ4v) is 3.38. The lowest BCUT2D eigenvalue weighted by atomic mass is 9.94. The second-order valence-electron chi connectivity index (χ2n) is 6.79. The molecule has 2 aromatic carbocycles. The van der Waals surface area contributed by atoms with Crippen molar-refractivity contribution in [3.8, 4) is 11.5 Å². The van der Waals surface area contributed by atoms with Crippen LogP contribution in [-0.4, -0.2) is 6.16 Å². The van der Waals surface area contributed by atoms with Gasteiger partial charge >= 0.3 is 6.16 Å². The lowest BCUT2D eigenvalue weighted by Crippen LogP contribution is -2.16. The molecule has 0 radical (unpaired) electrons. The predicted octanol–water partition coefficient (Wildman–Crippen LogP) is 7.40. The van der Waals surface area contributed by atoms with Gasteiger partial charge < -0.3 is 9.47 Å². The van der Waals surface area contributed by atoms with Gasteiger partial charge in [-0.2, -0.15) is 0 Å². The lowest BCUT2D eigenvalue weighted by Gasteiger charge is -2.18. The molecule has 2 unspecified atom stereocenters. The number of hydrogen-bond donors (Lipinski definition) is 0. The second-order valence-corrected chi connectivity index (χ2v) is 6.79. The van der Waals surface area contributed by atoms with Crippen molar-refractivity contribution in [2.75, 3.05) is 0 Å². The highest BCUT2D eigenvalue weighted by Crippen LogP contribution is 2.33. The number of para-hydroxylation sites is 2. The summed E-state index contributed by atoms with van der Waals surface area (Å²) in [6, 6.07) is 15.1. The van der Waals surface area contributed by atoms with Crippen molar-refractivity contribution in [1.29, 1.82) is 0 Å². The molecule has 2 atom stereocenters. The van der Waals surface area contributed by atoms with Crippen LogP contribution in [0.4, 0.5) is 4.79 Å². The molecule has 0 heterocycles. The van der Waals surface area contributed by atoms with E-state index >= 15 is 0 Å². The molecule has 0 aromatic heterocycles. The molecule has 0 N–H and O–H groups in total. The Balaban J connectivity index is 2.20. The van der Waals surface area contributed by atoms with Gasteiger partial charge in [0.05, 0.1) is 0 Å². The minimum atomic E-state index is -0.737. The normalized spacial score (nSPS) is 12.6. The molecule has 0 aliphatic rings. The molecule has 3 nitrogen and oxygen atoms in total. The molecular formula is C25H30O3. The smallest absolute Gasteiger partial charge is 0.394 e. The Morgan fingerprint density at radius 3 is 1.57 bits per heavy atom. The number of benzene rings is 2. The zero-order chi connectivity index (χ0) is 20.4. The largest absolute Gasteiger partial charge is 0.519 e. The summed E-state index contributed by atoms with van der Waals surface area (Å²) in [7, 11) is 0. The Kier molecular flexibility index (Phi) is 8.54. The maximum Gasteiger partial charge on any atom is 0.519 e. The number of ether oxygens (including phenoxy) is 2. The molecule has 2 rings (SSSR count). The van der Waals surface area contributed by atoms with Crippen LogP contribution in [0.1, 0.15) is 62.5 Å². The van der Waals surface area contributed by atoms with Crippen LogP contribution < -0.4 is 9.47 Å². The summed E-state index contributed by atoms with van der Waals surface area (Å²) in [5.41, 5.74) is 1.89. The monoisotopic (exact) mass is 378 g/mol. The van der Waals surface area contributed by atoms with Gasteiger partial charge in [0.25, 0.3) is 0 Å². The summed E-state index contributed by atoms with van der Waals surface area (Å²) in [6.45, 7) is 12.1. The van der Waals surface area contributed by atoms with Crippen LogP contribution in [0.2, 0.25) is 0 Å². The molecule has 28 heavy (non-hydrogen) atoms. The van der Waals surface area contributed by atoms with Crippen LogP contribution in [0.5, 0.6) is 11.5 Å². The highest BCUT2D eigenvalue weighted by molar-refractivity contribution is 5.68. The topological polar surface area (TPSA) is 35.5 Å². The maximum absolute atomic E-state index is 12.5. The number of rotatable bonds is 10. The fourth-order valence-electron chi connectivity index (χ4n) is 3.38. The summed E-state index contributed by atoms with van der Waals surface area (Å²) in [5.74, 6) is 1.29. The molecule has 0 fully saturated rings. The Hall–Kier alpha value is -2.81. The van der Waals surface area contributed by atoms with Crippen molar-refractivity contribution < 1.29 is 14.3 Å². The van der Waals surface area contributed by atoms with E-state index in [1.54, 1.807) is 12.1 Å². The average Bonchev–Trinajstić information content (AvgIpc) is 2.71. The molecule has 3 heteroatoms. The van der Waals surface area contributed by atoms with Crippen molar-refractivity contribution in [1.82, 2.24) is 0 Å². The molecular weight excluding hydrogens is 348 g/mol. The molecule has 0 aliphatic heterocycles.